The lowest BCUT2D eigenvalue weighted by Gasteiger charge is -2.19. The first kappa shape index (κ1) is 16.9. The molecule has 0 heterocycles. The molecule has 0 aliphatic rings. The average Bonchev–Trinajstić information content (AvgIpc) is 2.39. The number of hydrogen-bond donors (Lipinski definition) is 2. The van der Waals surface area contributed by atoms with E-state index in [4.69, 9.17) is 0 Å². The van der Waals surface area contributed by atoms with Crippen molar-refractivity contribution in [1.29, 1.82) is 0 Å². The van der Waals surface area contributed by atoms with Gasteiger partial charge in [0.25, 0.3) is 10.1 Å². The third-order valence-electron chi connectivity index (χ3n) is 3.15. The maximum absolute atomic E-state index is 11.4. The van der Waals surface area contributed by atoms with Crippen LogP contribution in [0.4, 0.5) is 0 Å². The predicted molar refractivity (Wildman–Crippen MR) is 87.2 cm³/mol. The molecule has 22 heavy (non-hydrogen) atoms. The van der Waals surface area contributed by atoms with E-state index < -0.39 is 10.1 Å². The summed E-state index contributed by atoms with van der Waals surface area (Å²) in [5.74, 6) is -0.208. The van der Waals surface area contributed by atoms with Crippen LogP contribution in [0.3, 0.4) is 0 Å². The maximum atomic E-state index is 11.4. The minimum atomic E-state index is -4.39. The summed E-state index contributed by atoms with van der Waals surface area (Å²) in [7, 11) is -4.39. The number of aromatic hydroxyl groups is 1. The molecule has 0 fully saturated rings. The molecule has 0 spiro atoms. The van der Waals surface area contributed by atoms with E-state index >= 15 is 0 Å². The quantitative estimate of drug-likeness (QED) is 0.825. The van der Waals surface area contributed by atoms with E-state index in [1.807, 2.05) is 24.3 Å². The van der Waals surface area contributed by atoms with Gasteiger partial charge in [0.2, 0.25) is 0 Å². The van der Waals surface area contributed by atoms with E-state index in [0.717, 1.165) is 11.0 Å². The van der Waals surface area contributed by atoms with Gasteiger partial charge in [-0.25, -0.2) is 0 Å². The summed E-state index contributed by atoms with van der Waals surface area (Å²) in [6, 6.07) is 11.7. The van der Waals surface area contributed by atoms with Crippen molar-refractivity contribution < 1.29 is 18.1 Å². The van der Waals surface area contributed by atoms with Crippen LogP contribution in [0.25, 0.3) is 0 Å². The first-order chi connectivity index (χ1) is 10.1. The molecule has 0 radical (unpaired) electrons. The molecule has 0 aliphatic heterocycles. The molecule has 4 nitrogen and oxygen atoms in total. The van der Waals surface area contributed by atoms with E-state index in [0.29, 0.717) is 4.90 Å². The highest BCUT2D eigenvalue weighted by Crippen LogP contribution is 2.35. The molecule has 2 N–H and O–H groups in total. The third-order valence-corrected chi connectivity index (χ3v) is 5.26. The van der Waals surface area contributed by atoms with Crippen molar-refractivity contribution in [3.63, 3.8) is 0 Å². The van der Waals surface area contributed by atoms with E-state index in [1.165, 1.54) is 29.5 Å². The van der Waals surface area contributed by atoms with Crippen molar-refractivity contribution in [2.75, 3.05) is 0 Å². The Labute approximate surface area is 134 Å². The fourth-order valence-electron chi connectivity index (χ4n) is 1.93. The molecule has 0 unspecified atom stereocenters. The van der Waals surface area contributed by atoms with Crippen LogP contribution in [-0.2, 0) is 15.5 Å². The van der Waals surface area contributed by atoms with Crippen molar-refractivity contribution in [3.8, 4) is 5.75 Å². The van der Waals surface area contributed by atoms with Gasteiger partial charge >= 0.3 is 0 Å². The van der Waals surface area contributed by atoms with Gasteiger partial charge in [-0.05, 0) is 35.2 Å². The highest BCUT2D eigenvalue weighted by atomic mass is 32.2. The molecule has 6 heteroatoms. The molecular formula is C16H18O4S2. The van der Waals surface area contributed by atoms with E-state index in [2.05, 4.69) is 20.8 Å². The lowest BCUT2D eigenvalue weighted by atomic mass is 9.87. The zero-order valence-corrected chi connectivity index (χ0v) is 14.2. The first-order valence-corrected chi connectivity index (χ1v) is 8.92. The van der Waals surface area contributed by atoms with Crippen LogP contribution in [0.1, 0.15) is 26.3 Å². The zero-order chi connectivity index (χ0) is 16.5. The molecular weight excluding hydrogens is 320 g/mol. The van der Waals surface area contributed by atoms with Crippen LogP contribution in [0.5, 0.6) is 5.75 Å². The number of phenolic OH excluding ortho intramolecular Hbond substituents is 1. The summed E-state index contributed by atoms with van der Waals surface area (Å²) >= 11 is 1.22. The SMILES string of the molecule is CC(C)(C)c1ccc(Sc2ccc(O)cc2S(=O)(=O)O)cc1. The van der Waals surface area contributed by atoms with E-state index in [9.17, 15) is 18.1 Å². The maximum Gasteiger partial charge on any atom is 0.295 e. The van der Waals surface area contributed by atoms with E-state index in [-0.39, 0.29) is 16.1 Å². The molecule has 2 aromatic carbocycles. The molecule has 2 aromatic rings. The first-order valence-electron chi connectivity index (χ1n) is 6.66. The smallest absolute Gasteiger partial charge is 0.295 e. The van der Waals surface area contributed by atoms with Gasteiger partial charge < -0.3 is 5.11 Å². The summed E-state index contributed by atoms with van der Waals surface area (Å²) in [6.45, 7) is 6.35. The molecule has 0 aromatic heterocycles. The van der Waals surface area contributed by atoms with Crippen molar-refractivity contribution in [3.05, 3.63) is 48.0 Å². The fraction of sp³-hybridized carbons (Fsp3) is 0.250. The summed E-state index contributed by atoms with van der Waals surface area (Å²) in [5, 5.41) is 9.41. The van der Waals surface area contributed by atoms with Crippen molar-refractivity contribution in [1.82, 2.24) is 0 Å². The topological polar surface area (TPSA) is 74.6 Å². The molecule has 0 bridgehead atoms. The number of rotatable bonds is 3. The van der Waals surface area contributed by atoms with Gasteiger partial charge in [0, 0.05) is 15.9 Å². The monoisotopic (exact) mass is 338 g/mol. The summed E-state index contributed by atoms with van der Waals surface area (Å²) in [5.41, 5.74) is 1.22. The van der Waals surface area contributed by atoms with Gasteiger partial charge in [-0.15, -0.1) is 0 Å². The van der Waals surface area contributed by atoms with Gasteiger partial charge in [-0.3, -0.25) is 4.55 Å². The van der Waals surface area contributed by atoms with Crippen LogP contribution in [0.15, 0.2) is 57.2 Å². The molecule has 0 atom stereocenters. The number of benzene rings is 2. The minimum absolute atomic E-state index is 0.0430. The molecule has 118 valence electrons. The minimum Gasteiger partial charge on any atom is -0.508 e. The summed E-state index contributed by atoms with van der Waals surface area (Å²) < 4.78 is 32.1. The highest BCUT2D eigenvalue weighted by molar-refractivity contribution is 8.00. The second kappa shape index (κ2) is 5.95. The average molecular weight is 338 g/mol. The fourth-order valence-corrected chi connectivity index (χ4v) is 3.79. The van der Waals surface area contributed by atoms with Crippen molar-refractivity contribution in [2.45, 2.75) is 40.9 Å². The largest absolute Gasteiger partial charge is 0.508 e. The Bertz CT molecular complexity index is 773. The third kappa shape index (κ3) is 4.03. The van der Waals surface area contributed by atoms with Crippen LogP contribution >= 0.6 is 11.8 Å². The molecule has 0 saturated heterocycles. The van der Waals surface area contributed by atoms with Crippen LogP contribution in [0.2, 0.25) is 0 Å². The van der Waals surface area contributed by atoms with E-state index in [1.54, 1.807) is 0 Å². The van der Waals surface area contributed by atoms with Crippen molar-refractivity contribution in [2.24, 2.45) is 0 Å². The van der Waals surface area contributed by atoms with Gasteiger partial charge in [0.15, 0.2) is 0 Å². The standard InChI is InChI=1S/C16H18O4S2/c1-16(2,3)11-4-7-13(8-5-11)21-14-9-6-12(17)10-15(14)22(18,19)20/h4-10,17H,1-3H3,(H,18,19,20). The molecule has 2 rings (SSSR count). The lowest BCUT2D eigenvalue weighted by Crippen LogP contribution is -2.10. The Morgan fingerprint density at radius 3 is 2.09 bits per heavy atom. The van der Waals surface area contributed by atoms with Crippen LogP contribution < -0.4 is 0 Å². The Balaban J connectivity index is 2.36. The molecule has 0 saturated carbocycles. The molecule has 0 aliphatic carbocycles. The van der Waals surface area contributed by atoms with Gasteiger partial charge in [0.1, 0.15) is 10.6 Å². The zero-order valence-electron chi connectivity index (χ0n) is 12.6. The van der Waals surface area contributed by atoms with Crippen molar-refractivity contribution >= 4 is 21.9 Å². The number of hydrogen-bond acceptors (Lipinski definition) is 4. The Hall–Kier alpha value is -1.50. The second-order valence-electron chi connectivity index (χ2n) is 5.98. The number of phenols is 1. The van der Waals surface area contributed by atoms with Crippen LogP contribution in [-0.4, -0.2) is 18.1 Å². The Morgan fingerprint density at radius 1 is 1.00 bits per heavy atom. The highest BCUT2D eigenvalue weighted by Gasteiger charge is 2.18. The Kier molecular flexibility index (Phi) is 4.56. The predicted octanol–water partition coefficient (Wildman–Crippen LogP) is 4.09. The summed E-state index contributed by atoms with van der Waals surface area (Å²) in [4.78, 5) is 0.921. The lowest BCUT2D eigenvalue weighted by molar-refractivity contribution is 0.464. The Morgan fingerprint density at radius 2 is 1.59 bits per heavy atom. The normalized spacial score (nSPS) is 12.4. The van der Waals surface area contributed by atoms with Gasteiger partial charge in [-0.2, -0.15) is 8.42 Å². The van der Waals surface area contributed by atoms with Crippen LogP contribution in [0, 0.1) is 0 Å². The molecule has 0 amide bonds. The summed E-state index contributed by atoms with van der Waals surface area (Å²) in [6.07, 6.45) is 0. The second-order valence-corrected chi connectivity index (χ2v) is 8.49. The van der Waals surface area contributed by atoms with Gasteiger partial charge in [0.05, 0.1) is 0 Å². The van der Waals surface area contributed by atoms with Gasteiger partial charge in [-0.1, -0.05) is 44.7 Å².